The van der Waals surface area contributed by atoms with E-state index >= 15 is 0 Å². The third-order valence-electron chi connectivity index (χ3n) is 6.53. The SMILES string of the molecule is C[C@@H]1CN(Cc2cc(C(CC(=O)O)c3ccc4c(c3)nnn4C)ccc2Cl)S(O)(O)c2ccccc2O1. The minimum absolute atomic E-state index is 0.135. The normalized spacial score (nSPS) is 19.0. The Balaban J connectivity index is 1.52. The summed E-state index contributed by atoms with van der Waals surface area (Å²) in [5, 5.41) is 18.3. The van der Waals surface area contributed by atoms with Crippen LogP contribution in [0.5, 0.6) is 5.75 Å². The van der Waals surface area contributed by atoms with Gasteiger partial charge >= 0.3 is 5.97 Å². The number of carboxylic acids is 1. The Morgan fingerprint density at radius 2 is 1.89 bits per heavy atom. The molecule has 194 valence electrons. The molecule has 0 fully saturated rings. The van der Waals surface area contributed by atoms with Crippen molar-refractivity contribution in [3.05, 3.63) is 82.4 Å². The van der Waals surface area contributed by atoms with E-state index in [9.17, 15) is 19.0 Å². The van der Waals surface area contributed by atoms with Crippen molar-refractivity contribution in [2.75, 3.05) is 6.54 Å². The Morgan fingerprint density at radius 3 is 2.68 bits per heavy atom. The van der Waals surface area contributed by atoms with Crippen LogP contribution in [-0.4, -0.2) is 52.1 Å². The maximum Gasteiger partial charge on any atom is 0.304 e. The molecule has 3 N–H and O–H groups in total. The summed E-state index contributed by atoms with van der Waals surface area (Å²) in [7, 11) is -1.56. The lowest BCUT2D eigenvalue weighted by Crippen LogP contribution is -2.33. The lowest BCUT2D eigenvalue weighted by atomic mass is 9.87. The van der Waals surface area contributed by atoms with Gasteiger partial charge in [0.1, 0.15) is 22.3 Å². The molecule has 5 rings (SSSR count). The Morgan fingerprint density at radius 1 is 1.16 bits per heavy atom. The lowest BCUT2D eigenvalue weighted by Gasteiger charge is -2.41. The van der Waals surface area contributed by atoms with Crippen LogP contribution in [-0.2, 0) is 18.4 Å². The van der Waals surface area contributed by atoms with E-state index in [2.05, 4.69) is 10.3 Å². The minimum atomic E-state index is -3.36. The number of hydrogen-bond donors (Lipinski definition) is 3. The highest BCUT2D eigenvalue weighted by molar-refractivity contribution is 8.22. The molecule has 0 spiro atoms. The van der Waals surface area contributed by atoms with Crippen LogP contribution in [0.3, 0.4) is 0 Å². The quantitative estimate of drug-likeness (QED) is 0.290. The zero-order valence-corrected chi connectivity index (χ0v) is 21.9. The van der Waals surface area contributed by atoms with Gasteiger partial charge in [-0.25, -0.2) is 4.68 Å². The smallest absolute Gasteiger partial charge is 0.304 e. The van der Waals surface area contributed by atoms with Gasteiger partial charge in [0.2, 0.25) is 0 Å². The van der Waals surface area contributed by atoms with Crippen molar-refractivity contribution in [1.29, 1.82) is 0 Å². The minimum Gasteiger partial charge on any atom is -0.487 e. The van der Waals surface area contributed by atoms with Crippen LogP contribution in [0.15, 0.2) is 65.6 Å². The molecule has 0 saturated carbocycles. The van der Waals surface area contributed by atoms with Gasteiger partial charge in [-0.15, -0.1) is 15.9 Å². The van der Waals surface area contributed by atoms with Gasteiger partial charge in [0, 0.05) is 24.5 Å². The summed E-state index contributed by atoms with van der Waals surface area (Å²) < 4.78 is 31.7. The average molecular weight is 543 g/mol. The van der Waals surface area contributed by atoms with Gasteiger partial charge in [0.05, 0.1) is 18.5 Å². The van der Waals surface area contributed by atoms with E-state index in [0.29, 0.717) is 26.7 Å². The van der Waals surface area contributed by atoms with Crippen molar-refractivity contribution in [3.63, 3.8) is 0 Å². The van der Waals surface area contributed by atoms with Gasteiger partial charge in [-0.3, -0.25) is 13.9 Å². The maximum absolute atomic E-state index is 11.8. The number of rotatable bonds is 6. The summed E-state index contributed by atoms with van der Waals surface area (Å²) in [6.07, 6.45) is -0.431. The molecule has 37 heavy (non-hydrogen) atoms. The van der Waals surface area contributed by atoms with Crippen LogP contribution >= 0.6 is 22.4 Å². The molecule has 0 saturated heterocycles. The zero-order valence-electron chi connectivity index (χ0n) is 20.3. The molecule has 0 amide bonds. The fourth-order valence-electron chi connectivity index (χ4n) is 4.71. The molecule has 4 aromatic rings. The topological polar surface area (TPSA) is 121 Å². The molecule has 1 unspecified atom stereocenters. The highest BCUT2D eigenvalue weighted by atomic mass is 35.5. The number of carbonyl (C=O) groups is 1. The number of nitrogens with zero attached hydrogens (tertiary/aromatic N) is 4. The molecule has 0 radical (unpaired) electrons. The van der Waals surface area contributed by atoms with E-state index in [0.717, 1.165) is 16.6 Å². The van der Waals surface area contributed by atoms with E-state index in [4.69, 9.17) is 16.3 Å². The number of ether oxygens (including phenoxy) is 1. The largest absolute Gasteiger partial charge is 0.487 e. The Hall–Kier alpha value is -3.15. The predicted molar refractivity (Wildman–Crippen MR) is 142 cm³/mol. The summed E-state index contributed by atoms with van der Waals surface area (Å²) in [5.41, 5.74) is 3.72. The van der Waals surface area contributed by atoms with Gasteiger partial charge in [0.15, 0.2) is 0 Å². The summed E-state index contributed by atoms with van der Waals surface area (Å²) in [6, 6.07) is 17.9. The fraction of sp³-hybridized carbons (Fsp3) is 0.269. The van der Waals surface area contributed by atoms with E-state index in [1.807, 2.05) is 37.3 Å². The van der Waals surface area contributed by atoms with Crippen molar-refractivity contribution in [2.24, 2.45) is 7.05 Å². The van der Waals surface area contributed by atoms with Gasteiger partial charge in [-0.1, -0.05) is 47.1 Å². The molecule has 1 aromatic heterocycles. The van der Waals surface area contributed by atoms with Gasteiger partial charge in [-0.2, -0.15) is 4.31 Å². The lowest BCUT2D eigenvalue weighted by molar-refractivity contribution is -0.137. The second-order valence-corrected chi connectivity index (χ2v) is 11.6. The van der Waals surface area contributed by atoms with Crippen molar-refractivity contribution in [3.8, 4) is 5.75 Å². The number of para-hydroxylation sites is 1. The van der Waals surface area contributed by atoms with Crippen LogP contribution in [0.4, 0.5) is 0 Å². The highest BCUT2D eigenvalue weighted by Gasteiger charge is 2.34. The second kappa shape index (κ2) is 9.96. The number of benzene rings is 3. The Bertz CT molecular complexity index is 1480. The summed E-state index contributed by atoms with van der Waals surface area (Å²) in [6.45, 7) is 2.27. The van der Waals surface area contributed by atoms with Crippen LogP contribution in [0.25, 0.3) is 11.0 Å². The molecule has 3 aromatic carbocycles. The molecule has 2 heterocycles. The predicted octanol–water partition coefficient (Wildman–Crippen LogP) is 5.54. The maximum atomic E-state index is 11.8. The molecule has 2 atom stereocenters. The van der Waals surface area contributed by atoms with Gasteiger partial charge in [0.25, 0.3) is 0 Å². The van der Waals surface area contributed by atoms with Crippen LogP contribution in [0.2, 0.25) is 5.02 Å². The average Bonchev–Trinajstić information content (AvgIpc) is 3.19. The zero-order chi connectivity index (χ0) is 26.3. The molecular formula is C26H27ClN4O5S. The summed E-state index contributed by atoms with van der Waals surface area (Å²) in [5.74, 6) is -0.962. The van der Waals surface area contributed by atoms with Crippen molar-refractivity contribution < 1.29 is 23.7 Å². The summed E-state index contributed by atoms with van der Waals surface area (Å²) >= 11 is 6.57. The van der Waals surface area contributed by atoms with E-state index < -0.39 is 22.7 Å². The van der Waals surface area contributed by atoms with Crippen molar-refractivity contribution in [1.82, 2.24) is 19.3 Å². The molecule has 1 aliphatic rings. The first-order chi connectivity index (χ1) is 17.6. The van der Waals surface area contributed by atoms with E-state index in [-0.39, 0.29) is 25.6 Å². The number of aryl methyl sites for hydroxylation is 1. The molecule has 11 heteroatoms. The molecule has 1 aliphatic heterocycles. The van der Waals surface area contributed by atoms with Crippen molar-refractivity contribution in [2.45, 2.75) is 36.8 Å². The molecule has 0 bridgehead atoms. The number of aromatic nitrogens is 3. The van der Waals surface area contributed by atoms with E-state index in [1.54, 1.807) is 46.4 Å². The molecule has 0 aliphatic carbocycles. The number of halogens is 1. The Kier molecular flexibility index (Phi) is 6.86. The third-order valence-corrected chi connectivity index (χ3v) is 8.82. The number of carboxylic acid groups (broad SMARTS) is 1. The van der Waals surface area contributed by atoms with Crippen molar-refractivity contribution >= 4 is 39.4 Å². The van der Waals surface area contributed by atoms with Crippen LogP contribution in [0, 0.1) is 0 Å². The van der Waals surface area contributed by atoms with Gasteiger partial charge < -0.3 is 9.84 Å². The van der Waals surface area contributed by atoms with E-state index in [1.165, 1.54) is 0 Å². The Labute approximate surface area is 220 Å². The fourth-order valence-corrected chi connectivity index (χ4v) is 6.55. The monoisotopic (exact) mass is 542 g/mol. The summed E-state index contributed by atoms with van der Waals surface area (Å²) in [4.78, 5) is 12.2. The molecule has 9 nitrogen and oxygen atoms in total. The first-order valence-electron chi connectivity index (χ1n) is 11.7. The third kappa shape index (κ3) is 5.03. The number of fused-ring (bicyclic) bond motifs is 2. The van der Waals surface area contributed by atoms with Gasteiger partial charge in [-0.05, 0) is 53.9 Å². The van der Waals surface area contributed by atoms with Crippen LogP contribution in [0.1, 0.15) is 36.0 Å². The first-order valence-corrected chi connectivity index (χ1v) is 13.6. The second-order valence-electron chi connectivity index (χ2n) is 9.18. The standard InChI is InChI=1S/C26H27ClN4O5S/c1-16-14-31(37(34,35)25-6-4-3-5-24(25)36-16)15-19-11-17(7-9-21(19)27)20(13-26(32)33)18-8-10-23-22(12-18)28-29-30(23)2/h3-12,16,20,34-35H,13-15H2,1-2H3,(H,32,33)/t16-,20?/m1/s1. The number of hydrogen-bond acceptors (Lipinski definition) is 7. The molecular weight excluding hydrogens is 516 g/mol. The highest BCUT2D eigenvalue weighted by Crippen LogP contribution is 2.57. The van der Waals surface area contributed by atoms with Crippen LogP contribution < -0.4 is 4.74 Å². The first kappa shape index (κ1) is 25.5. The number of aliphatic carboxylic acids is 1.